The summed E-state index contributed by atoms with van der Waals surface area (Å²) in [5, 5.41) is 4.83. The molecule has 0 N–H and O–H groups in total. The monoisotopic (exact) mass is 401 g/mol. The third kappa shape index (κ3) is 1.98. The van der Waals surface area contributed by atoms with Crippen LogP contribution in [-0.4, -0.2) is 14.5 Å². The quantitative estimate of drug-likeness (QED) is 0.294. The molecule has 0 radical (unpaired) electrons. The summed E-state index contributed by atoms with van der Waals surface area (Å²) in [5.41, 5.74) is 5.51. The summed E-state index contributed by atoms with van der Waals surface area (Å²) in [6, 6.07) is 27.8. The van der Waals surface area contributed by atoms with Gasteiger partial charge in [-0.1, -0.05) is 54.6 Å². The molecule has 0 spiro atoms. The molecular weight excluding hydrogens is 386 g/mol. The number of para-hydroxylation sites is 2. The van der Waals surface area contributed by atoms with Crippen LogP contribution in [0.15, 0.2) is 91.3 Å². The van der Waals surface area contributed by atoms with Crippen molar-refractivity contribution in [3.8, 4) is 5.69 Å². The SMILES string of the molecule is c1ccc(-n2c3ccccc3c3c4nccnc4c4c5ccccc5sc4c32)cc1. The zero-order chi connectivity index (χ0) is 19.7. The fourth-order valence-corrected chi connectivity index (χ4v) is 5.94. The van der Waals surface area contributed by atoms with Gasteiger partial charge in [-0.15, -0.1) is 11.3 Å². The molecule has 7 rings (SSSR count). The van der Waals surface area contributed by atoms with Gasteiger partial charge in [0.15, 0.2) is 0 Å². The molecule has 0 amide bonds. The molecule has 0 atom stereocenters. The van der Waals surface area contributed by atoms with E-state index in [1.54, 1.807) is 12.4 Å². The number of fused-ring (bicyclic) bond motifs is 10. The molecule has 4 aromatic carbocycles. The van der Waals surface area contributed by atoms with Gasteiger partial charge in [-0.05, 0) is 24.3 Å². The van der Waals surface area contributed by atoms with E-state index in [2.05, 4.69) is 83.4 Å². The van der Waals surface area contributed by atoms with Crippen molar-refractivity contribution >= 4 is 64.3 Å². The van der Waals surface area contributed by atoms with Gasteiger partial charge in [0.2, 0.25) is 0 Å². The van der Waals surface area contributed by atoms with E-state index < -0.39 is 0 Å². The Morgan fingerprint density at radius 2 is 1.30 bits per heavy atom. The largest absolute Gasteiger partial charge is 0.308 e. The van der Waals surface area contributed by atoms with Gasteiger partial charge in [0.05, 0.1) is 26.8 Å². The van der Waals surface area contributed by atoms with E-state index in [0.717, 1.165) is 16.7 Å². The first-order valence-electron chi connectivity index (χ1n) is 9.94. The predicted molar refractivity (Wildman–Crippen MR) is 127 cm³/mol. The number of rotatable bonds is 1. The summed E-state index contributed by atoms with van der Waals surface area (Å²) in [6.07, 6.45) is 3.60. The van der Waals surface area contributed by atoms with Crippen LogP contribution >= 0.6 is 11.3 Å². The van der Waals surface area contributed by atoms with E-state index in [4.69, 9.17) is 9.97 Å². The topological polar surface area (TPSA) is 30.7 Å². The van der Waals surface area contributed by atoms with Crippen molar-refractivity contribution in [2.75, 3.05) is 0 Å². The molecular formula is C26H15N3S. The van der Waals surface area contributed by atoms with Crippen LogP contribution in [0.4, 0.5) is 0 Å². The van der Waals surface area contributed by atoms with Gasteiger partial charge in [0, 0.05) is 44.3 Å². The highest BCUT2D eigenvalue weighted by molar-refractivity contribution is 7.27. The summed E-state index contributed by atoms with van der Waals surface area (Å²) in [7, 11) is 0. The summed E-state index contributed by atoms with van der Waals surface area (Å²) >= 11 is 1.84. The van der Waals surface area contributed by atoms with Gasteiger partial charge in [-0.25, -0.2) is 0 Å². The Morgan fingerprint density at radius 1 is 0.633 bits per heavy atom. The van der Waals surface area contributed by atoms with Crippen molar-refractivity contribution in [1.29, 1.82) is 0 Å². The average Bonchev–Trinajstić information content (AvgIpc) is 3.36. The fraction of sp³-hybridized carbons (Fsp3) is 0. The lowest BCUT2D eigenvalue weighted by atomic mass is 10.1. The minimum absolute atomic E-state index is 0.967. The third-order valence-corrected chi connectivity index (χ3v) is 7.05. The van der Waals surface area contributed by atoms with Crippen LogP contribution in [0.5, 0.6) is 0 Å². The first kappa shape index (κ1) is 16.1. The highest BCUT2D eigenvalue weighted by atomic mass is 32.1. The smallest absolute Gasteiger partial charge is 0.0994 e. The maximum Gasteiger partial charge on any atom is 0.0994 e. The van der Waals surface area contributed by atoms with Gasteiger partial charge < -0.3 is 4.57 Å². The highest BCUT2D eigenvalue weighted by Gasteiger charge is 2.22. The van der Waals surface area contributed by atoms with Gasteiger partial charge >= 0.3 is 0 Å². The summed E-state index contributed by atoms with van der Waals surface area (Å²) in [4.78, 5) is 9.64. The van der Waals surface area contributed by atoms with Crippen LogP contribution in [0.25, 0.3) is 58.7 Å². The molecule has 7 aromatic rings. The molecule has 0 aliphatic rings. The summed E-state index contributed by atoms with van der Waals surface area (Å²) in [6.45, 7) is 0. The lowest BCUT2D eigenvalue weighted by Crippen LogP contribution is -1.94. The second-order valence-corrected chi connectivity index (χ2v) is 8.52. The summed E-state index contributed by atoms with van der Waals surface area (Å²) in [5.74, 6) is 0. The second-order valence-electron chi connectivity index (χ2n) is 7.47. The first-order chi connectivity index (χ1) is 14.9. The number of thiophene rings is 1. The second kappa shape index (κ2) is 5.88. The van der Waals surface area contributed by atoms with Gasteiger partial charge in [-0.3, -0.25) is 9.97 Å². The van der Waals surface area contributed by atoms with Crippen molar-refractivity contribution < 1.29 is 0 Å². The Bertz CT molecular complexity index is 1740. The fourth-order valence-electron chi connectivity index (χ4n) is 4.69. The van der Waals surface area contributed by atoms with Crippen molar-refractivity contribution in [3.05, 3.63) is 91.3 Å². The molecule has 0 unspecified atom stereocenters. The molecule has 3 nitrogen and oxygen atoms in total. The molecule has 0 aliphatic carbocycles. The summed E-state index contributed by atoms with van der Waals surface area (Å²) < 4.78 is 4.92. The Morgan fingerprint density at radius 3 is 2.13 bits per heavy atom. The van der Waals surface area contributed by atoms with E-state index >= 15 is 0 Å². The average molecular weight is 401 g/mol. The Kier molecular flexibility index (Phi) is 3.15. The predicted octanol–water partition coefficient (Wildman–Crippen LogP) is 7.09. The number of hydrogen-bond donors (Lipinski definition) is 0. The molecule has 3 aromatic heterocycles. The molecule has 3 heterocycles. The van der Waals surface area contributed by atoms with Gasteiger partial charge in [-0.2, -0.15) is 0 Å². The van der Waals surface area contributed by atoms with Crippen LogP contribution in [-0.2, 0) is 0 Å². The molecule has 30 heavy (non-hydrogen) atoms. The maximum atomic E-state index is 4.83. The van der Waals surface area contributed by atoms with Crippen LogP contribution in [0.1, 0.15) is 0 Å². The maximum absolute atomic E-state index is 4.83. The molecule has 0 bridgehead atoms. The Hall–Kier alpha value is -3.76. The van der Waals surface area contributed by atoms with Crippen LogP contribution in [0.3, 0.4) is 0 Å². The van der Waals surface area contributed by atoms with Crippen molar-refractivity contribution in [2.45, 2.75) is 0 Å². The Labute approximate surface area is 175 Å². The van der Waals surface area contributed by atoms with E-state index in [1.165, 1.54) is 42.0 Å². The van der Waals surface area contributed by atoms with E-state index in [-0.39, 0.29) is 0 Å². The van der Waals surface area contributed by atoms with Crippen molar-refractivity contribution in [3.63, 3.8) is 0 Å². The molecule has 140 valence electrons. The minimum atomic E-state index is 0.967. The molecule has 0 aliphatic heterocycles. The lowest BCUT2D eigenvalue weighted by Gasteiger charge is -2.09. The van der Waals surface area contributed by atoms with Gasteiger partial charge in [0.1, 0.15) is 0 Å². The van der Waals surface area contributed by atoms with E-state index in [0.29, 0.717) is 0 Å². The lowest BCUT2D eigenvalue weighted by molar-refractivity contribution is 1.19. The van der Waals surface area contributed by atoms with Crippen LogP contribution in [0.2, 0.25) is 0 Å². The number of aromatic nitrogens is 3. The zero-order valence-electron chi connectivity index (χ0n) is 15.9. The van der Waals surface area contributed by atoms with Crippen molar-refractivity contribution in [1.82, 2.24) is 14.5 Å². The van der Waals surface area contributed by atoms with E-state index in [1.807, 2.05) is 11.3 Å². The normalized spacial score (nSPS) is 12.0. The zero-order valence-corrected chi connectivity index (χ0v) is 16.7. The number of benzene rings is 4. The number of nitrogens with zero attached hydrogens (tertiary/aromatic N) is 3. The highest BCUT2D eigenvalue weighted by Crippen LogP contribution is 2.46. The van der Waals surface area contributed by atoms with Crippen molar-refractivity contribution in [2.24, 2.45) is 0 Å². The number of hydrogen-bond acceptors (Lipinski definition) is 3. The van der Waals surface area contributed by atoms with Crippen LogP contribution < -0.4 is 0 Å². The molecule has 0 fully saturated rings. The standard InChI is InChI=1S/C26H15N3S/c1-2-8-16(9-3-1)29-19-12-6-4-10-17(19)21-23-24(28-15-14-27-23)22-18-11-5-7-13-20(18)30-26(22)25(21)29/h1-15H. The van der Waals surface area contributed by atoms with E-state index in [9.17, 15) is 0 Å². The molecule has 4 heteroatoms. The third-order valence-electron chi connectivity index (χ3n) is 5.87. The molecule has 0 saturated heterocycles. The van der Waals surface area contributed by atoms with Crippen LogP contribution in [0, 0.1) is 0 Å². The Balaban J connectivity index is 1.89. The van der Waals surface area contributed by atoms with Gasteiger partial charge in [0.25, 0.3) is 0 Å². The minimum Gasteiger partial charge on any atom is -0.308 e. The first-order valence-corrected chi connectivity index (χ1v) is 10.8. The molecule has 0 saturated carbocycles.